The number of aryl methyl sites for hydroxylation is 3. The SMILES string of the molecule is Cc1nnc(N2CCN(c3cc(C)c4cccc(C)c4n3)CC2)s1. The second-order valence-electron chi connectivity index (χ2n) is 6.35. The summed E-state index contributed by atoms with van der Waals surface area (Å²) in [5.41, 5.74) is 3.65. The Morgan fingerprint density at radius 1 is 0.917 bits per heavy atom. The van der Waals surface area contributed by atoms with E-state index in [-0.39, 0.29) is 0 Å². The van der Waals surface area contributed by atoms with Crippen LogP contribution in [0.3, 0.4) is 0 Å². The van der Waals surface area contributed by atoms with Crippen molar-refractivity contribution >= 4 is 33.2 Å². The van der Waals surface area contributed by atoms with Crippen molar-refractivity contribution in [1.82, 2.24) is 15.2 Å². The van der Waals surface area contributed by atoms with Crippen molar-refractivity contribution in [2.75, 3.05) is 36.0 Å². The molecule has 1 aliphatic rings. The lowest BCUT2D eigenvalue weighted by Crippen LogP contribution is -2.46. The molecule has 0 saturated carbocycles. The van der Waals surface area contributed by atoms with E-state index in [1.165, 1.54) is 16.5 Å². The van der Waals surface area contributed by atoms with Crippen LogP contribution < -0.4 is 9.80 Å². The molecule has 0 aliphatic carbocycles. The lowest BCUT2D eigenvalue weighted by atomic mass is 10.1. The highest BCUT2D eigenvalue weighted by Crippen LogP contribution is 2.27. The zero-order chi connectivity index (χ0) is 16.7. The summed E-state index contributed by atoms with van der Waals surface area (Å²) in [7, 11) is 0. The lowest BCUT2D eigenvalue weighted by Gasteiger charge is -2.35. The van der Waals surface area contributed by atoms with Gasteiger partial charge in [0.05, 0.1) is 5.52 Å². The molecule has 3 heterocycles. The summed E-state index contributed by atoms with van der Waals surface area (Å²) in [5.74, 6) is 1.09. The summed E-state index contributed by atoms with van der Waals surface area (Å²) >= 11 is 1.67. The molecule has 1 aromatic carbocycles. The van der Waals surface area contributed by atoms with E-state index in [2.05, 4.69) is 58.1 Å². The van der Waals surface area contributed by atoms with Crippen LogP contribution in [0.15, 0.2) is 24.3 Å². The van der Waals surface area contributed by atoms with E-state index in [4.69, 9.17) is 4.98 Å². The molecule has 124 valence electrons. The summed E-state index contributed by atoms with van der Waals surface area (Å²) in [5, 5.41) is 11.7. The van der Waals surface area contributed by atoms with Gasteiger partial charge in [0, 0.05) is 31.6 Å². The van der Waals surface area contributed by atoms with Gasteiger partial charge in [0.25, 0.3) is 0 Å². The van der Waals surface area contributed by atoms with Crippen LogP contribution in [0, 0.1) is 20.8 Å². The number of nitrogens with zero attached hydrogens (tertiary/aromatic N) is 5. The normalized spacial score (nSPS) is 15.3. The first kappa shape index (κ1) is 15.3. The standard InChI is InChI=1S/C18H21N5S/c1-12-5-4-6-15-13(2)11-16(19-17(12)15)22-7-9-23(10-8-22)18-21-20-14(3)24-18/h4-6,11H,7-10H2,1-3H3. The zero-order valence-corrected chi connectivity index (χ0v) is 15.1. The van der Waals surface area contributed by atoms with Crippen LogP contribution in [-0.4, -0.2) is 41.4 Å². The fourth-order valence-corrected chi connectivity index (χ4v) is 3.99. The lowest BCUT2D eigenvalue weighted by molar-refractivity contribution is 0.644. The highest BCUT2D eigenvalue weighted by molar-refractivity contribution is 7.15. The van der Waals surface area contributed by atoms with E-state index in [0.717, 1.165) is 47.7 Å². The molecule has 0 bridgehead atoms. The minimum absolute atomic E-state index is 0.959. The number of para-hydroxylation sites is 1. The van der Waals surface area contributed by atoms with Gasteiger partial charge in [-0.25, -0.2) is 4.98 Å². The average molecular weight is 339 g/mol. The molecule has 0 amide bonds. The number of pyridine rings is 1. The zero-order valence-electron chi connectivity index (χ0n) is 14.3. The Balaban J connectivity index is 1.57. The van der Waals surface area contributed by atoms with Gasteiger partial charge in [-0.15, -0.1) is 10.2 Å². The molecule has 3 aromatic rings. The summed E-state index contributed by atoms with van der Waals surface area (Å²) < 4.78 is 0. The smallest absolute Gasteiger partial charge is 0.208 e. The average Bonchev–Trinajstić information content (AvgIpc) is 3.02. The van der Waals surface area contributed by atoms with Crippen molar-refractivity contribution in [2.24, 2.45) is 0 Å². The van der Waals surface area contributed by atoms with Gasteiger partial charge in [0.2, 0.25) is 5.13 Å². The van der Waals surface area contributed by atoms with Gasteiger partial charge in [-0.3, -0.25) is 0 Å². The summed E-state index contributed by atoms with van der Waals surface area (Å²) in [4.78, 5) is 9.64. The number of fused-ring (bicyclic) bond motifs is 1. The first-order valence-electron chi connectivity index (χ1n) is 8.29. The third-order valence-electron chi connectivity index (χ3n) is 4.62. The maximum Gasteiger partial charge on any atom is 0.208 e. The number of aromatic nitrogens is 3. The second-order valence-corrected chi connectivity index (χ2v) is 7.51. The molecule has 0 spiro atoms. The Bertz CT molecular complexity index is 880. The molecule has 0 N–H and O–H groups in total. The van der Waals surface area contributed by atoms with Gasteiger partial charge in [0.1, 0.15) is 10.8 Å². The maximum absolute atomic E-state index is 4.94. The number of hydrogen-bond acceptors (Lipinski definition) is 6. The molecular weight excluding hydrogens is 318 g/mol. The highest BCUT2D eigenvalue weighted by atomic mass is 32.1. The molecule has 4 rings (SSSR count). The Morgan fingerprint density at radius 2 is 1.67 bits per heavy atom. The molecule has 24 heavy (non-hydrogen) atoms. The first-order valence-corrected chi connectivity index (χ1v) is 9.10. The molecule has 0 radical (unpaired) electrons. The van der Waals surface area contributed by atoms with Gasteiger partial charge in [0.15, 0.2) is 0 Å². The van der Waals surface area contributed by atoms with Gasteiger partial charge < -0.3 is 9.80 Å². The minimum Gasteiger partial charge on any atom is -0.353 e. The van der Waals surface area contributed by atoms with Crippen LogP contribution in [0.1, 0.15) is 16.1 Å². The van der Waals surface area contributed by atoms with Crippen molar-refractivity contribution in [3.8, 4) is 0 Å². The molecule has 2 aromatic heterocycles. The van der Waals surface area contributed by atoms with Crippen molar-refractivity contribution < 1.29 is 0 Å². The van der Waals surface area contributed by atoms with Crippen molar-refractivity contribution in [2.45, 2.75) is 20.8 Å². The largest absolute Gasteiger partial charge is 0.353 e. The van der Waals surface area contributed by atoms with Crippen LogP contribution in [0.2, 0.25) is 0 Å². The predicted octanol–water partition coefficient (Wildman–Crippen LogP) is 3.34. The molecule has 1 saturated heterocycles. The molecule has 0 unspecified atom stereocenters. The van der Waals surface area contributed by atoms with Crippen molar-refractivity contribution in [3.05, 3.63) is 40.4 Å². The van der Waals surface area contributed by atoms with Crippen LogP contribution in [0.25, 0.3) is 10.9 Å². The molecular formula is C18H21N5S. The molecule has 1 fully saturated rings. The van der Waals surface area contributed by atoms with E-state index < -0.39 is 0 Å². The summed E-state index contributed by atoms with van der Waals surface area (Å²) in [6.07, 6.45) is 0. The molecule has 1 aliphatic heterocycles. The number of piperazine rings is 1. The molecule has 6 heteroatoms. The Labute approximate surface area is 146 Å². The summed E-state index contributed by atoms with van der Waals surface area (Å²) in [6, 6.07) is 8.61. The third-order valence-corrected chi connectivity index (χ3v) is 5.52. The predicted molar refractivity (Wildman–Crippen MR) is 100 cm³/mol. The van der Waals surface area contributed by atoms with E-state index in [0.29, 0.717) is 0 Å². The Kier molecular flexibility index (Phi) is 3.84. The summed E-state index contributed by atoms with van der Waals surface area (Å²) in [6.45, 7) is 10.1. The van der Waals surface area contributed by atoms with Crippen LogP contribution in [-0.2, 0) is 0 Å². The molecule has 0 atom stereocenters. The van der Waals surface area contributed by atoms with Gasteiger partial charge in [-0.2, -0.15) is 0 Å². The monoisotopic (exact) mass is 339 g/mol. The minimum atomic E-state index is 0.959. The van der Waals surface area contributed by atoms with Crippen LogP contribution >= 0.6 is 11.3 Å². The maximum atomic E-state index is 4.94. The van der Waals surface area contributed by atoms with E-state index in [9.17, 15) is 0 Å². The quantitative estimate of drug-likeness (QED) is 0.716. The third kappa shape index (κ3) is 2.71. The molecule has 5 nitrogen and oxygen atoms in total. The van der Waals surface area contributed by atoms with Gasteiger partial charge >= 0.3 is 0 Å². The first-order chi connectivity index (χ1) is 11.6. The number of benzene rings is 1. The Hall–Kier alpha value is -2.21. The van der Waals surface area contributed by atoms with E-state index in [1.54, 1.807) is 11.3 Å². The van der Waals surface area contributed by atoms with Crippen LogP contribution in [0.5, 0.6) is 0 Å². The van der Waals surface area contributed by atoms with Crippen molar-refractivity contribution in [1.29, 1.82) is 0 Å². The van der Waals surface area contributed by atoms with Gasteiger partial charge in [-0.1, -0.05) is 29.5 Å². The number of anilines is 2. The van der Waals surface area contributed by atoms with E-state index >= 15 is 0 Å². The topological polar surface area (TPSA) is 45.2 Å². The second kappa shape index (κ2) is 6.02. The number of hydrogen-bond donors (Lipinski definition) is 0. The highest BCUT2D eigenvalue weighted by Gasteiger charge is 2.21. The number of rotatable bonds is 2. The van der Waals surface area contributed by atoms with E-state index in [1.807, 2.05) is 6.92 Å². The fourth-order valence-electron chi connectivity index (χ4n) is 3.25. The Morgan fingerprint density at radius 3 is 2.38 bits per heavy atom. The van der Waals surface area contributed by atoms with Gasteiger partial charge in [-0.05, 0) is 38.0 Å². The van der Waals surface area contributed by atoms with Crippen LogP contribution in [0.4, 0.5) is 10.9 Å². The van der Waals surface area contributed by atoms with Crippen molar-refractivity contribution in [3.63, 3.8) is 0 Å². The fraction of sp³-hybridized carbons (Fsp3) is 0.389.